The molecule has 0 saturated carbocycles. The molecule has 1 aromatic rings. The second kappa shape index (κ2) is 6.24. The Morgan fingerprint density at radius 2 is 1.58 bits per heavy atom. The molecule has 1 aliphatic carbocycles. The van der Waals surface area contributed by atoms with Crippen molar-refractivity contribution in [1.29, 1.82) is 0 Å². The van der Waals surface area contributed by atoms with Crippen molar-refractivity contribution >= 4 is 0 Å². The van der Waals surface area contributed by atoms with Gasteiger partial charge in [0.2, 0.25) is 0 Å². The van der Waals surface area contributed by atoms with Crippen molar-refractivity contribution in [2.24, 2.45) is 0 Å². The first-order chi connectivity index (χ1) is 9.09. The third kappa shape index (κ3) is 3.38. The molecule has 0 fully saturated rings. The zero-order valence-electron chi connectivity index (χ0n) is 10.6. The van der Waals surface area contributed by atoms with Gasteiger partial charge < -0.3 is 5.11 Å². The number of benzene rings is 1. The number of halogens is 3. The molecule has 0 aliphatic heterocycles. The van der Waals surface area contributed by atoms with Crippen LogP contribution in [0.4, 0.5) is 13.2 Å². The maximum Gasteiger partial charge on any atom is 0.161 e. The number of hydrogen-bond donors (Lipinski definition) is 1. The lowest BCUT2D eigenvalue weighted by molar-refractivity contribution is 0.203. The van der Waals surface area contributed by atoms with Crippen LogP contribution in [0.2, 0.25) is 0 Å². The maximum atomic E-state index is 13.6. The zero-order valence-corrected chi connectivity index (χ0v) is 10.6. The number of rotatable bonds is 2. The Hall–Kier alpha value is -1.29. The van der Waals surface area contributed by atoms with Crippen molar-refractivity contribution < 1.29 is 18.3 Å². The summed E-state index contributed by atoms with van der Waals surface area (Å²) in [7, 11) is 0. The van der Waals surface area contributed by atoms with Gasteiger partial charge in [0.05, 0.1) is 0 Å². The van der Waals surface area contributed by atoms with Crippen LogP contribution in [-0.4, -0.2) is 5.11 Å². The first-order valence-electron chi connectivity index (χ1n) is 6.61. The normalized spacial score (nSPS) is 21.2. The Morgan fingerprint density at radius 3 is 2.37 bits per heavy atom. The first-order valence-corrected chi connectivity index (χ1v) is 6.61. The summed E-state index contributed by atoms with van der Waals surface area (Å²) in [5, 5.41) is 10.2. The summed E-state index contributed by atoms with van der Waals surface area (Å²) in [6.45, 7) is 0. The third-order valence-electron chi connectivity index (χ3n) is 3.51. The van der Waals surface area contributed by atoms with Gasteiger partial charge in [-0.25, -0.2) is 13.2 Å². The fraction of sp³-hybridized carbons (Fsp3) is 0.467. The number of hydrogen-bond acceptors (Lipinski definition) is 1. The van der Waals surface area contributed by atoms with E-state index in [0.717, 1.165) is 38.2 Å². The standard InChI is InChI=1S/C15H17F3O/c16-12-9-14(18)13(17)8-11(12)15(19)10-6-4-2-1-3-5-7-10/h6,8-9,15,19H,1-5,7H2/b10-6+. The molecule has 0 spiro atoms. The second-order valence-corrected chi connectivity index (χ2v) is 4.92. The van der Waals surface area contributed by atoms with Crippen LogP contribution in [0.1, 0.15) is 50.2 Å². The molecule has 4 heteroatoms. The Bertz CT molecular complexity index is 483. The highest BCUT2D eigenvalue weighted by atomic mass is 19.2. The van der Waals surface area contributed by atoms with Gasteiger partial charge in [0, 0.05) is 11.6 Å². The lowest BCUT2D eigenvalue weighted by Crippen LogP contribution is -2.07. The minimum Gasteiger partial charge on any atom is -0.384 e. The molecule has 0 saturated heterocycles. The van der Waals surface area contributed by atoms with E-state index in [1.165, 1.54) is 0 Å². The summed E-state index contributed by atoms with van der Waals surface area (Å²) >= 11 is 0. The largest absolute Gasteiger partial charge is 0.384 e. The van der Waals surface area contributed by atoms with Crippen LogP contribution in [0, 0.1) is 17.5 Å². The van der Waals surface area contributed by atoms with Gasteiger partial charge in [0.25, 0.3) is 0 Å². The SMILES string of the molecule is OC(/C1=C/CCCCCC1)c1cc(F)c(F)cc1F. The van der Waals surface area contributed by atoms with E-state index in [1.54, 1.807) is 0 Å². The average Bonchev–Trinajstić information content (AvgIpc) is 2.32. The minimum atomic E-state index is -1.24. The molecule has 19 heavy (non-hydrogen) atoms. The molecular formula is C15H17F3O. The van der Waals surface area contributed by atoms with Gasteiger partial charge in [-0.2, -0.15) is 0 Å². The van der Waals surface area contributed by atoms with E-state index < -0.39 is 23.6 Å². The van der Waals surface area contributed by atoms with Crippen molar-refractivity contribution in [2.45, 2.75) is 44.6 Å². The molecule has 1 N–H and O–H groups in total. The molecule has 0 radical (unpaired) electrons. The molecule has 0 heterocycles. The molecular weight excluding hydrogens is 253 g/mol. The summed E-state index contributed by atoms with van der Waals surface area (Å²) in [6.07, 6.45) is 6.39. The number of allylic oxidation sites excluding steroid dienone is 1. The second-order valence-electron chi connectivity index (χ2n) is 4.92. The zero-order chi connectivity index (χ0) is 13.8. The van der Waals surface area contributed by atoms with E-state index in [0.29, 0.717) is 18.1 Å². The Balaban J connectivity index is 2.27. The van der Waals surface area contributed by atoms with Gasteiger partial charge in [0.15, 0.2) is 11.6 Å². The lowest BCUT2D eigenvalue weighted by Gasteiger charge is -2.18. The van der Waals surface area contributed by atoms with E-state index >= 15 is 0 Å². The summed E-state index contributed by atoms with van der Waals surface area (Å²) in [5.74, 6) is -3.28. The van der Waals surface area contributed by atoms with E-state index in [4.69, 9.17) is 0 Å². The Kier molecular flexibility index (Phi) is 4.64. The number of aliphatic hydroxyl groups excluding tert-OH is 1. The average molecular weight is 270 g/mol. The highest BCUT2D eigenvalue weighted by Gasteiger charge is 2.20. The van der Waals surface area contributed by atoms with Crippen LogP contribution in [0.5, 0.6) is 0 Å². The van der Waals surface area contributed by atoms with Crippen LogP contribution in [-0.2, 0) is 0 Å². The molecule has 0 bridgehead atoms. The van der Waals surface area contributed by atoms with E-state index in [9.17, 15) is 18.3 Å². The predicted molar refractivity (Wildman–Crippen MR) is 67.1 cm³/mol. The molecule has 0 aromatic heterocycles. The van der Waals surface area contributed by atoms with E-state index in [2.05, 4.69) is 0 Å². The summed E-state index contributed by atoms with van der Waals surface area (Å²) in [5.41, 5.74) is 0.510. The topological polar surface area (TPSA) is 20.2 Å². The van der Waals surface area contributed by atoms with E-state index in [1.807, 2.05) is 6.08 Å². The highest BCUT2D eigenvalue weighted by Crippen LogP contribution is 2.31. The highest BCUT2D eigenvalue weighted by molar-refractivity contribution is 5.29. The third-order valence-corrected chi connectivity index (χ3v) is 3.51. The van der Waals surface area contributed by atoms with Crippen LogP contribution < -0.4 is 0 Å². The molecule has 1 nitrogen and oxygen atoms in total. The van der Waals surface area contributed by atoms with Gasteiger partial charge in [0.1, 0.15) is 11.9 Å². The van der Waals surface area contributed by atoms with Gasteiger partial charge >= 0.3 is 0 Å². The van der Waals surface area contributed by atoms with Crippen molar-refractivity contribution in [3.05, 3.63) is 46.8 Å². The monoisotopic (exact) mass is 270 g/mol. The summed E-state index contributed by atoms with van der Waals surface area (Å²) in [6, 6.07) is 1.23. The van der Waals surface area contributed by atoms with Gasteiger partial charge in [-0.1, -0.05) is 18.9 Å². The van der Waals surface area contributed by atoms with Crippen LogP contribution >= 0.6 is 0 Å². The molecule has 1 aromatic carbocycles. The molecule has 2 rings (SSSR count). The molecule has 104 valence electrons. The quantitative estimate of drug-likeness (QED) is 0.623. The van der Waals surface area contributed by atoms with Gasteiger partial charge in [-0.3, -0.25) is 0 Å². The maximum absolute atomic E-state index is 13.6. The predicted octanol–water partition coefficient (Wildman–Crippen LogP) is 4.42. The fourth-order valence-electron chi connectivity index (χ4n) is 2.41. The smallest absolute Gasteiger partial charge is 0.161 e. The Morgan fingerprint density at radius 1 is 0.895 bits per heavy atom. The van der Waals surface area contributed by atoms with Gasteiger partial charge in [-0.05, 0) is 37.3 Å². The van der Waals surface area contributed by atoms with E-state index in [-0.39, 0.29) is 5.56 Å². The van der Waals surface area contributed by atoms with Crippen LogP contribution in [0.3, 0.4) is 0 Å². The fourth-order valence-corrected chi connectivity index (χ4v) is 2.41. The van der Waals surface area contributed by atoms with Crippen molar-refractivity contribution in [2.75, 3.05) is 0 Å². The van der Waals surface area contributed by atoms with Crippen LogP contribution in [0.15, 0.2) is 23.8 Å². The van der Waals surface area contributed by atoms with Gasteiger partial charge in [-0.15, -0.1) is 0 Å². The molecule has 0 amide bonds. The Labute approximate surface area is 110 Å². The lowest BCUT2D eigenvalue weighted by atomic mass is 9.92. The van der Waals surface area contributed by atoms with Crippen molar-refractivity contribution in [3.63, 3.8) is 0 Å². The summed E-state index contributed by atoms with van der Waals surface area (Å²) < 4.78 is 39.7. The minimum absolute atomic E-state index is 0.189. The number of aliphatic hydroxyl groups is 1. The molecule has 1 aliphatic rings. The first kappa shape index (κ1) is 14.1. The van der Waals surface area contributed by atoms with Crippen LogP contribution in [0.25, 0.3) is 0 Å². The summed E-state index contributed by atoms with van der Waals surface area (Å²) in [4.78, 5) is 0. The molecule has 1 unspecified atom stereocenters. The van der Waals surface area contributed by atoms with Crippen molar-refractivity contribution in [1.82, 2.24) is 0 Å². The molecule has 1 atom stereocenters. The van der Waals surface area contributed by atoms with Crippen molar-refractivity contribution in [3.8, 4) is 0 Å².